The molecule has 4 heterocycles. The maximum absolute atomic E-state index is 12.9. The van der Waals surface area contributed by atoms with Crippen molar-refractivity contribution in [2.75, 3.05) is 26.4 Å². The Hall–Kier alpha value is -5.13. The summed E-state index contributed by atoms with van der Waals surface area (Å²) in [5.74, 6) is 0.449. The topological polar surface area (TPSA) is 120 Å². The van der Waals surface area contributed by atoms with Crippen LogP contribution < -0.4 is 14.8 Å². The summed E-state index contributed by atoms with van der Waals surface area (Å²) < 4.78 is 18.5. The van der Waals surface area contributed by atoms with E-state index in [9.17, 15) is 14.4 Å². The number of fused-ring (bicyclic) bond motifs is 2. The number of piperidine rings is 1. The molecule has 1 N–H and O–H groups in total. The molecule has 0 aliphatic carbocycles. The van der Waals surface area contributed by atoms with Gasteiger partial charge in [0.15, 0.2) is 0 Å². The molecule has 1 saturated heterocycles. The molecule has 0 radical (unpaired) electrons. The number of carbonyl (C=O) groups excluding carboxylic acids is 3. The highest BCUT2D eigenvalue weighted by Gasteiger charge is 2.39. The van der Waals surface area contributed by atoms with Gasteiger partial charge in [-0.1, -0.05) is 24.3 Å². The molecule has 3 aromatic carbocycles. The Morgan fingerprint density at radius 2 is 1.68 bits per heavy atom. The van der Waals surface area contributed by atoms with Crippen LogP contribution in [0.4, 0.5) is 0 Å². The minimum Gasteiger partial charge on any atom is -0.491 e. The molecule has 1 atom stereocenters. The summed E-state index contributed by atoms with van der Waals surface area (Å²) in [4.78, 5) is 47.2. The molecular weight excluding hydrogens is 616 g/mol. The summed E-state index contributed by atoms with van der Waals surface area (Å²) in [5, 5.41) is 3.29. The number of rotatable bonds is 11. The summed E-state index contributed by atoms with van der Waals surface area (Å²) in [6, 6.07) is 21.0. The fraction of sp³-hybridized carbons (Fsp3) is 0.250. The quantitative estimate of drug-likeness (QED) is 0.146. The molecule has 47 heavy (non-hydrogen) atoms. The maximum Gasteiger partial charge on any atom is 0.255 e. The van der Waals surface area contributed by atoms with Crippen LogP contribution in [0.2, 0.25) is 0 Å². The average molecular weight is 649 g/mol. The maximum atomic E-state index is 12.9. The molecule has 0 bridgehead atoms. The first-order valence-corrected chi connectivity index (χ1v) is 16.3. The molecule has 11 heteroatoms. The van der Waals surface area contributed by atoms with Gasteiger partial charge in [-0.25, -0.2) is 4.98 Å². The van der Waals surface area contributed by atoms with Gasteiger partial charge in [0.05, 0.1) is 23.4 Å². The number of ether oxygens (including phenoxy) is 3. The zero-order chi connectivity index (χ0) is 32.3. The number of pyridine rings is 1. The van der Waals surface area contributed by atoms with Crippen molar-refractivity contribution in [3.8, 4) is 33.2 Å². The number of aryl methyl sites for hydroxylation is 1. The van der Waals surface area contributed by atoms with E-state index in [1.165, 1.54) is 4.90 Å². The first-order valence-electron chi connectivity index (χ1n) is 15.5. The van der Waals surface area contributed by atoms with Crippen molar-refractivity contribution in [3.05, 3.63) is 95.8 Å². The second kappa shape index (κ2) is 13.3. The second-order valence-electron chi connectivity index (χ2n) is 11.4. The minimum atomic E-state index is -0.639. The summed E-state index contributed by atoms with van der Waals surface area (Å²) in [5.41, 5.74) is 6.76. The molecule has 1 unspecified atom stereocenters. The van der Waals surface area contributed by atoms with Gasteiger partial charge in [-0.05, 0) is 78.1 Å². The number of hydrogen-bond donors (Lipinski definition) is 1. The fourth-order valence-electron chi connectivity index (χ4n) is 5.91. The fourth-order valence-corrected chi connectivity index (χ4v) is 6.99. The Labute approximate surface area is 275 Å². The molecule has 3 amide bonds. The van der Waals surface area contributed by atoms with Gasteiger partial charge < -0.3 is 19.1 Å². The number of hydrogen-bond acceptors (Lipinski definition) is 9. The molecule has 7 rings (SSSR count). The summed E-state index contributed by atoms with van der Waals surface area (Å²) >= 11 is 1.64. The van der Waals surface area contributed by atoms with E-state index in [-0.39, 0.29) is 18.2 Å². The van der Waals surface area contributed by atoms with Crippen molar-refractivity contribution in [1.82, 2.24) is 20.2 Å². The number of amides is 3. The molecule has 2 aliphatic heterocycles. The highest BCUT2D eigenvalue weighted by Crippen LogP contribution is 2.35. The molecular formula is C36H32N4O6S. The predicted octanol–water partition coefficient (Wildman–Crippen LogP) is 5.57. The largest absolute Gasteiger partial charge is 0.491 e. The third kappa shape index (κ3) is 6.58. The van der Waals surface area contributed by atoms with Gasteiger partial charge in [-0.2, -0.15) is 0 Å². The monoisotopic (exact) mass is 648 g/mol. The molecule has 2 aromatic heterocycles. The van der Waals surface area contributed by atoms with Crippen LogP contribution in [0.3, 0.4) is 0 Å². The summed E-state index contributed by atoms with van der Waals surface area (Å²) in [6.07, 6.45) is 4.20. The Morgan fingerprint density at radius 3 is 2.45 bits per heavy atom. The van der Waals surface area contributed by atoms with E-state index in [4.69, 9.17) is 19.2 Å². The molecule has 238 valence electrons. The van der Waals surface area contributed by atoms with Gasteiger partial charge >= 0.3 is 0 Å². The lowest BCUT2D eigenvalue weighted by molar-refractivity contribution is -0.136. The van der Waals surface area contributed by atoms with Crippen LogP contribution in [-0.2, 0) is 20.9 Å². The summed E-state index contributed by atoms with van der Waals surface area (Å²) in [6.45, 7) is 3.91. The van der Waals surface area contributed by atoms with Crippen molar-refractivity contribution in [2.24, 2.45) is 0 Å². The van der Waals surface area contributed by atoms with E-state index in [0.29, 0.717) is 50.7 Å². The standard InChI is InChI=1S/C36H32N4O6S/c1-22-17-23(24-3-2-12-37-20-24)4-7-28(22)35-38-30-9-6-27(19-32(30)47-35)46-16-14-44-13-15-45-26-5-8-29-25(18-26)21-40(36(29)43)31-10-11-33(41)39-34(31)42/h2-9,12,17-20,31H,10-11,13-16,21H2,1H3,(H,39,41,42). The lowest BCUT2D eigenvalue weighted by Crippen LogP contribution is -2.52. The van der Waals surface area contributed by atoms with Crippen molar-refractivity contribution in [3.63, 3.8) is 0 Å². The normalized spacial score (nSPS) is 16.0. The highest BCUT2D eigenvalue weighted by atomic mass is 32.1. The number of thiazole rings is 1. The van der Waals surface area contributed by atoms with E-state index in [2.05, 4.69) is 41.5 Å². The lowest BCUT2D eigenvalue weighted by Gasteiger charge is -2.29. The van der Waals surface area contributed by atoms with Gasteiger partial charge in [0.1, 0.15) is 35.8 Å². The summed E-state index contributed by atoms with van der Waals surface area (Å²) in [7, 11) is 0. The van der Waals surface area contributed by atoms with Crippen molar-refractivity contribution in [1.29, 1.82) is 0 Å². The smallest absolute Gasteiger partial charge is 0.255 e. The van der Waals surface area contributed by atoms with Gasteiger partial charge in [0.2, 0.25) is 11.8 Å². The Morgan fingerprint density at radius 1 is 0.894 bits per heavy atom. The number of nitrogens with zero attached hydrogens (tertiary/aromatic N) is 3. The number of benzene rings is 3. The zero-order valence-electron chi connectivity index (χ0n) is 25.7. The van der Waals surface area contributed by atoms with Crippen molar-refractivity contribution >= 4 is 39.3 Å². The number of aromatic nitrogens is 2. The van der Waals surface area contributed by atoms with E-state index in [1.807, 2.05) is 36.5 Å². The lowest BCUT2D eigenvalue weighted by atomic mass is 10.0. The zero-order valence-corrected chi connectivity index (χ0v) is 26.5. The third-order valence-corrected chi connectivity index (χ3v) is 9.35. The molecule has 0 saturated carbocycles. The highest BCUT2D eigenvalue weighted by molar-refractivity contribution is 7.21. The molecule has 5 aromatic rings. The minimum absolute atomic E-state index is 0.207. The number of nitrogens with one attached hydrogen (secondary N) is 1. The Kier molecular flexibility index (Phi) is 8.64. The molecule has 10 nitrogen and oxygen atoms in total. The molecule has 0 spiro atoms. The van der Waals surface area contributed by atoms with Crippen LogP contribution in [0.1, 0.15) is 34.3 Å². The van der Waals surface area contributed by atoms with Crippen LogP contribution in [0.15, 0.2) is 79.1 Å². The SMILES string of the molecule is Cc1cc(-c2cccnc2)ccc1-c1nc2ccc(OCCOCCOc3ccc4c(c3)CN(C3CCC(=O)NC3=O)C4=O)cc2s1. The predicted molar refractivity (Wildman–Crippen MR) is 177 cm³/mol. The Balaban J connectivity index is 0.865. The van der Waals surface area contributed by atoms with Crippen LogP contribution in [0.5, 0.6) is 11.5 Å². The third-order valence-electron chi connectivity index (χ3n) is 8.30. The van der Waals surface area contributed by atoms with E-state index in [1.54, 1.807) is 29.7 Å². The Bertz CT molecular complexity index is 1980. The second-order valence-corrected chi connectivity index (χ2v) is 12.5. The van der Waals surface area contributed by atoms with Gasteiger partial charge in [-0.15, -0.1) is 11.3 Å². The van der Waals surface area contributed by atoms with Crippen molar-refractivity contribution in [2.45, 2.75) is 32.4 Å². The van der Waals surface area contributed by atoms with Crippen LogP contribution >= 0.6 is 11.3 Å². The van der Waals surface area contributed by atoms with E-state index in [0.717, 1.165) is 48.8 Å². The average Bonchev–Trinajstić information content (AvgIpc) is 3.64. The number of carbonyl (C=O) groups is 3. The van der Waals surface area contributed by atoms with Crippen molar-refractivity contribution < 1.29 is 28.6 Å². The van der Waals surface area contributed by atoms with E-state index >= 15 is 0 Å². The van der Waals surface area contributed by atoms with Crippen LogP contribution in [0, 0.1) is 6.92 Å². The van der Waals surface area contributed by atoms with Gasteiger partial charge in [0.25, 0.3) is 5.91 Å². The van der Waals surface area contributed by atoms with Gasteiger partial charge in [-0.3, -0.25) is 24.7 Å². The van der Waals surface area contributed by atoms with Gasteiger partial charge in [0, 0.05) is 36.5 Å². The van der Waals surface area contributed by atoms with Crippen LogP contribution in [-0.4, -0.2) is 65.1 Å². The first kappa shape index (κ1) is 30.5. The molecule has 1 fully saturated rings. The number of imide groups is 1. The van der Waals surface area contributed by atoms with E-state index < -0.39 is 11.9 Å². The first-order chi connectivity index (χ1) is 22.9. The molecule has 2 aliphatic rings. The van der Waals surface area contributed by atoms with Crippen LogP contribution in [0.25, 0.3) is 31.9 Å².